The normalized spacial score (nSPS) is 18.9. The lowest BCUT2D eigenvalue weighted by Crippen LogP contribution is -2.52. The number of rotatable bonds is 6. The first kappa shape index (κ1) is 23.7. The fourth-order valence-electron chi connectivity index (χ4n) is 5.30. The number of hydrogen-bond acceptors (Lipinski definition) is 8. The summed E-state index contributed by atoms with van der Waals surface area (Å²) in [6, 6.07) is 4.27. The van der Waals surface area contributed by atoms with Crippen molar-refractivity contribution in [3.8, 4) is 17.2 Å². The molecule has 1 saturated carbocycles. The Balaban J connectivity index is 1.27. The second kappa shape index (κ2) is 10.3. The van der Waals surface area contributed by atoms with Crippen molar-refractivity contribution in [3.63, 3.8) is 0 Å². The highest BCUT2D eigenvalue weighted by Gasteiger charge is 2.30. The number of carbonyl (C=O) groups excluding carboxylic acids is 1. The Bertz CT molecular complexity index is 1070. The third kappa shape index (κ3) is 4.61. The third-order valence-electron chi connectivity index (χ3n) is 7.62. The maximum absolute atomic E-state index is 13.5. The van der Waals surface area contributed by atoms with Crippen LogP contribution in [0.25, 0.3) is 0 Å². The smallest absolute Gasteiger partial charge is 0.257 e. The number of amides is 1. The van der Waals surface area contributed by atoms with Gasteiger partial charge in [0.05, 0.1) is 32.6 Å². The van der Waals surface area contributed by atoms with Gasteiger partial charge in [-0.15, -0.1) is 0 Å². The van der Waals surface area contributed by atoms with Gasteiger partial charge in [0.2, 0.25) is 11.7 Å². The molecule has 0 atom stereocenters. The highest BCUT2D eigenvalue weighted by atomic mass is 16.5. The lowest BCUT2D eigenvalue weighted by molar-refractivity contribution is 0.0758. The molecular formula is C26H35N5O4. The number of carbonyl (C=O) groups is 1. The predicted molar refractivity (Wildman–Crippen MR) is 133 cm³/mol. The fourth-order valence-corrected chi connectivity index (χ4v) is 5.30. The van der Waals surface area contributed by atoms with Gasteiger partial charge >= 0.3 is 0 Å². The van der Waals surface area contributed by atoms with E-state index in [0.717, 1.165) is 55.8 Å². The molecule has 35 heavy (non-hydrogen) atoms. The van der Waals surface area contributed by atoms with E-state index in [2.05, 4.69) is 9.80 Å². The van der Waals surface area contributed by atoms with Gasteiger partial charge < -0.3 is 24.0 Å². The molecule has 0 N–H and O–H groups in total. The molecule has 2 fully saturated rings. The molecule has 1 aliphatic carbocycles. The summed E-state index contributed by atoms with van der Waals surface area (Å²) in [6.45, 7) is 5.31. The van der Waals surface area contributed by atoms with Gasteiger partial charge in [-0.3, -0.25) is 9.69 Å². The van der Waals surface area contributed by atoms with Crippen molar-refractivity contribution in [3.05, 3.63) is 35.2 Å². The molecule has 2 aliphatic heterocycles. The van der Waals surface area contributed by atoms with E-state index in [0.29, 0.717) is 42.3 Å². The highest BCUT2D eigenvalue weighted by molar-refractivity contribution is 5.98. The van der Waals surface area contributed by atoms with Crippen LogP contribution in [0.2, 0.25) is 0 Å². The number of piperazine rings is 1. The van der Waals surface area contributed by atoms with Crippen LogP contribution >= 0.6 is 0 Å². The molecular weight excluding hydrogens is 446 g/mol. The van der Waals surface area contributed by atoms with E-state index in [1.165, 1.54) is 26.4 Å². The van der Waals surface area contributed by atoms with Crippen LogP contribution in [0.4, 0.5) is 5.95 Å². The number of fused-ring (bicyclic) bond motifs is 1. The summed E-state index contributed by atoms with van der Waals surface area (Å²) in [5, 5.41) is 0. The van der Waals surface area contributed by atoms with Crippen molar-refractivity contribution in [1.29, 1.82) is 0 Å². The Hall–Kier alpha value is -3.07. The number of anilines is 1. The zero-order chi connectivity index (χ0) is 24.4. The number of ether oxygens (including phenoxy) is 3. The Morgan fingerprint density at radius 3 is 2.31 bits per heavy atom. The monoisotopic (exact) mass is 481 g/mol. The number of aromatic nitrogens is 2. The second-order valence-corrected chi connectivity index (χ2v) is 9.42. The van der Waals surface area contributed by atoms with Gasteiger partial charge in [-0.2, -0.15) is 0 Å². The van der Waals surface area contributed by atoms with Crippen LogP contribution in [0.3, 0.4) is 0 Å². The van der Waals surface area contributed by atoms with Crippen LogP contribution in [0.5, 0.6) is 17.2 Å². The first-order valence-corrected chi connectivity index (χ1v) is 12.5. The molecule has 0 bridgehead atoms. The first-order valence-electron chi connectivity index (χ1n) is 12.5. The minimum Gasteiger partial charge on any atom is -0.493 e. The lowest BCUT2D eigenvalue weighted by atomic mass is 9.91. The minimum absolute atomic E-state index is 0.0871. The lowest BCUT2D eigenvalue weighted by Gasteiger charge is -2.43. The average Bonchev–Trinajstić information content (AvgIpc) is 3.09. The summed E-state index contributed by atoms with van der Waals surface area (Å²) in [4.78, 5) is 29.9. The Morgan fingerprint density at radius 1 is 0.914 bits per heavy atom. The standard InChI is InChI=1S/C26H35N5O4/c1-33-22-8-7-20(23(34-2)24(22)35-3)25(32)30-11-9-18-17-27-26(28-21(18)10-12-30)31-15-13-29(14-16-31)19-5-4-6-19/h7-8,17,19H,4-6,9-16H2,1-3H3. The molecule has 1 aromatic heterocycles. The molecule has 9 nitrogen and oxygen atoms in total. The van der Waals surface area contributed by atoms with Crippen molar-refractivity contribution in [2.24, 2.45) is 0 Å². The van der Waals surface area contributed by atoms with E-state index in [9.17, 15) is 4.79 Å². The molecule has 0 spiro atoms. The quantitative estimate of drug-likeness (QED) is 0.623. The van der Waals surface area contributed by atoms with Crippen LogP contribution in [0.15, 0.2) is 18.3 Å². The Morgan fingerprint density at radius 2 is 1.66 bits per heavy atom. The van der Waals surface area contributed by atoms with Gasteiger partial charge in [0.25, 0.3) is 5.91 Å². The van der Waals surface area contributed by atoms with Gasteiger partial charge in [-0.25, -0.2) is 9.97 Å². The van der Waals surface area contributed by atoms with Crippen molar-refractivity contribution in [2.45, 2.75) is 38.1 Å². The summed E-state index contributed by atoms with van der Waals surface area (Å²) >= 11 is 0. The van der Waals surface area contributed by atoms with Crippen molar-refractivity contribution in [2.75, 3.05) is 65.5 Å². The number of benzene rings is 1. The molecule has 3 heterocycles. The van der Waals surface area contributed by atoms with Crippen LogP contribution in [0, 0.1) is 0 Å². The maximum Gasteiger partial charge on any atom is 0.257 e. The van der Waals surface area contributed by atoms with Gasteiger partial charge in [-0.1, -0.05) is 6.42 Å². The largest absolute Gasteiger partial charge is 0.493 e. The van der Waals surface area contributed by atoms with E-state index in [1.807, 2.05) is 11.1 Å². The summed E-state index contributed by atoms with van der Waals surface area (Å²) in [6.07, 6.45) is 7.46. The minimum atomic E-state index is -0.0871. The van der Waals surface area contributed by atoms with E-state index in [4.69, 9.17) is 24.2 Å². The highest BCUT2D eigenvalue weighted by Crippen LogP contribution is 2.40. The molecule has 188 valence electrons. The molecule has 2 aromatic rings. The summed E-state index contributed by atoms with van der Waals surface area (Å²) in [5.74, 6) is 2.07. The molecule has 1 amide bonds. The van der Waals surface area contributed by atoms with Gasteiger partial charge in [-0.05, 0) is 37.0 Å². The van der Waals surface area contributed by atoms with Crippen LogP contribution in [0.1, 0.15) is 40.9 Å². The van der Waals surface area contributed by atoms with Gasteiger partial charge in [0.1, 0.15) is 0 Å². The topological polar surface area (TPSA) is 80.3 Å². The van der Waals surface area contributed by atoms with Crippen LogP contribution in [-0.4, -0.2) is 92.3 Å². The van der Waals surface area contributed by atoms with E-state index in [-0.39, 0.29) is 5.91 Å². The second-order valence-electron chi connectivity index (χ2n) is 9.42. The SMILES string of the molecule is COc1ccc(C(=O)N2CCc3cnc(N4CCN(C5CCC5)CC4)nc3CC2)c(OC)c1OC. The predicted octanol–water partition coefficient (Wildman–Crippen LogP) is 2.42. The maximum atomic E-state index is 13.5. The van der Waals surface area contributed by atoms with Crippen molar-refractivity contribution >= 4 is 11.9 Å². The number of methoxy groups -OCH3 is 3. The zero-order valence-electron chi connectivity index (χ0n) is 21.0. The molecule has 3 aliphatic rings. The van der Waals surface area contributed by atoms with Gasteiger partial charge in [0.15, 0.2) is 11.5 Å². The van der Waals surface area contributed by atoms with Crippen molar-refractivity contribution in [1.82, 2.24) is 19.8 Å². The zero-order valence-corrected chi connectivity index (χ0v) is 21.0. The number of hydrogen-bond donors (Lipinski definition) is 0. The summed E-state index contributed by atoms with van der Waals surface area (Å²) in [5.41, 5.74) is 2.63. The van der Waals surface area contributed by atoms with Crippen LogP contribution in [-0.2, 0) is 12.8 Å². The van der Waals surface area contributed by atoms with Gasteiger partial charge in [0, 0.05) is 57.9 Å². The first-order chi connectivity index (χ1) is 17.1. The average molecular weight is 482 g/mol. The van der Waals surface area contributed by atoms with E-state index < -0.39 is 0 Å². The molecule has 1 saturated heterocycles. The molecule has 0 unspecified atom stereocenters. The molecule has 9 heteroatoms. The Kier molecular flexibility index (Phi) is 6.95. The molecule has 5 rings (SSSR count). The molecule has 1 aromatic carbocycles. The Labute approximate surface area is 207 Å². The summed E-state index contributed by atoms with van der Waals surface area (Å²) in [7, 11) is 4.64. The van der Waals surface area contributed by atoms with Crippen molar-refractivity contribution < 1.29 is 19.0 Å². The third-order valence-corrected chi connectivity index (χ3v) is 7.62. The van der Waals surface area contributed by atoms with E-state index >= 15 is 0 Å². The van der Waals surface area contributed by atoms with Crippen LogP contribution < -0.4 is 19.1 Å². The fraction of sp³-hybridized carbons (Fsp3) is 0.577. The summed E-state index contributed by atoms with van der Waals surface area (Å²) < 4.78 is 16.4. The number of nitrogens with zero attached hydrogens (tertiary/aromatic N) is 5. The van der Waals surface area contributed by atoms with E-state index in [1.54, 1.807) is 26.4 Å². The molecule has 0 radical (unpaired) electrons.